The summed E-state index contributed by atoms with van der Waals surface area (Å²) in [6.07, 6.45) is 1.57. The molecule has 9 heteroatoms. The molecule has 0 radical (unpaired) electrons. The molecule has 4 rings (SSSR count). The molecule has 2 aromatic carbocycles. The fourth-order valence-corrected chi connectivity index (χ4v) is 3.87. The molecule has 0 aliphatic rings. The van der Waals surface area contributed by atoms with Gasteiger partial charge in [0, 0.05) is 5.69 Å². The number of hydrogen-bond acceptors (Lipinski definition) is 6. The quantitative estimate of drug-likeness (QED) is 0.363. The molecular formula is C22H19ClN4O3S. The Bertz CT molecular complexity index is 1160. The highest BCUT2D eigenvalue weighted by Crippen LogP contribution is 2.31. The minimum absolute atomic E-state index is 0.147. The number of amides is 1. The average molecular weight is 455 g/mol. The largest absolute Gasteiger partial charge is 0.494 e. The standard InChI is InChI=1S/C22H19ClN4O3S/c1-2-29-16-11-9-15(10-12-16)24-20(28)14-31-22-26-25-21(19-8-5-13-30-19)27(22)18-7-4-3-6-17(18)23/h3-13H,2,14H2,1H3,(H,24,28). The third-order valence-corrected chi connectivity index (χ3v) is 5.50. The van der Waals surface area contributed by atoms with Crippen LogP contribution in [0.15, 0.2) is 76.5 Å². The Morgan fingerprint density at radius 1 is 1.13 bits per heavy atom. The molecule has 0 atom stereocenters. The molecular weight excluding hydrogens is 436 g/mol. The normalized spacial score (nSPS) is 10.8. The van der Waals surface area contributed by atoms with Crippen molar-refractivity contribution >= 4 is 35.0 Å². The van der Waals surface area contributed by atoms with Gasteiger partial charge in [0.2, 0.25) is 11.7 Å². The molecule has 2 heterocycles. The zero-order chi connectivity index (χ0) is 21.6. The number of rotatable bonds is 8. The van der Waals surface area contributed by atoms with Crippen LogP contribution in [0.4, 0.5) is 5.69 Å². The summed E-state index contributed by atoms with van der Waals surface area (Å²) in [5, 5.41) is 12.5. The van der Waals surface area contributed by atoms with Crippen LogP contribution in [0.2, 0.25) is 5.02 Å². The van der Waals surface area contributed by atoms with Crippen molar-refractivity contribution in [3.8, 4) is 23.0 Å². The van der Waals surface area contributed by atoms with Crippen molar-refractivity contribution < 1.29 is 13.9 Å². The SMILES string of the molecule is CCOc1ccc(NC(=O)CSc2nnc(-c3ccco3)n2-c2ccccc2Cl)cc1. The second-order valence-corrected chi connectivity index (χ2v) is 7.71. The van der Waals surface area contributed by atoms with Gasteiger partial charge in [-0.3, -0.25) is 9.36 Å². The second kappa shape index (κ2) is 9.72. The molecule has 1 N–H and O–H groups in total. The predicted molar refractivity (Wildman–Crippen MR) is 121 cm³/mol. The first-order valence-electron chi connectivity index (χ1n) is 9.55. The van der Waals surface area contributed by atoms with E-state index < -0.39 is 0 Å². The molecule has 0 bridgehead atoms. The first-order chi connectivity index (χ1) is 15.2. The van der Waals surface area contributed by atoms with Crippen molar-refractivity contribution in [2.45, 2.75) is 12.1 Å². The van der Waals surface area contributed by atoms with Crippen LogP contribution in [-0.2, 0) is 4.79 Å². The summed E-state index contributed by atoms with van der Waals surface area (Å²) < 4.78 is 12.7. The lowest BCUT2D eigenvalue weighted by Crippen LogP contribution is -2.14. The van der Waals surface area contributed by atoms with Gasteiger partial charge in [0.15, 0.2) is 10.9 Å². The molecule has 0 unspecified atom stereocenters. The number of carbonyl (C=O) groups excluding carboxylic acids is 1. The van der Waals surface area contributed by atoms with E-state index in [-0.39, 0.29) is 11.7 Å². The van der Waals surface area contributed by atoms with Crippen LogP contribution in [0.25, 0.3) is 17.3 Å². The Morgan fingerprint density at radius 3 is 2.65 bits per heavy atom. The number of para-hydroxylation sites is 1. The first kappa shape index (κ1) is 21.0. The number of anilines is 1. The van der Waals surface area contributed by atoms with Crippen LogP contribution in [-0.4, -0.2) is 33.0 Å². The van der Waals surface area contributed by atoms with Gasteiger partial charge in [-0.15, -0.1) is 10.2 Å². The lowest BCUT2D eigenvalue weighted by atomic mass is 10.3. The monoisotopic (exact) mass is 454 g/mol. The molecule has 0 saturated carbocycles. The maximum Gasteiger partial charge on any atom is 0.234 e. The highest BCUT2D eigenvalue weighted by atomic mass is 35.5. The van der Waals surface area contributed by atoms with E-state index in [0.717, 1.165) is 5.75 Å². The second-order valence-electron chi connectivity index (χ2n) is 6.36. The summed E-state index contributed by atoms with van der Waals surface area (Å²) in [7, 11) is 0. The van der Waals surface area contributed by atoms with E-state index in [1.807, 2.05) is 37.3 Å². The van der Waals surface area contributed by atoms with E-state index in [1.54, 1.807) is 41.2 Å². The molecule has 4 aromatic rings. The van der Waals surface area contributed by atoms with Gasteiger partial charge in [0.25, 0.3) is 0 Å². The Labute approximate surface area is 188 Å². The fraction of sp³-hybridized carbons (Fsp3) is 0.136. The van der Waals surface area contributed by atoms with Crippen molar-refractivity contribution in [2.75, 3.05) is 17.7 Å². The Hall–Kier alpha value is -3.23. The van der Waals surface area contributed by atoms with E-state index in [2.05, 4.69) is 15.5 Å². The molecule has 7 nitrogen and oxygen atoms in total. The van der Waals surface area contributed by atoms with E-state index in [1.165, 1.54) is 11.8 Å². The summed E-state index contributed by atoms with van der Waals surface area (Å²) in [5.41, 5.74) is 1.40. The number of hydrogen-bond donors (Lipinski definition) is 1. The van der Waals surface area contributed by atoms with E-state index in [4.69, 9.17) is 20.8 Å². The number of nitrogens with zero attached hydrogens (tertiary/aromatic N) is 3. The molecule has 0 spiro atoms. The van der Waals surface area contributed by atoms with Gasteiger partial charge in [-0.2, -0.15) is 0 Å². The van der Waals surface area contributed by atoms with E-state index >= 15 is 0 Å². The first-order valence-corrected chi connectivity index (χ1v) is 10.9. The topological polar surface area (TPSA) is 82.2 Å². The predicted octanol–water partition coefficient (Wildman–Crippen LogP) is 5.31. The Kier molecular flexibility index (Phi) is 6.59. The maximum atomic E-state index is 12.5. The third-order valence-electron chi connectivity index (χ3n) is 4.25. The zero-order valence-electron chi connectivity index (χ0n) is 16.6. The molecule has 0 saturated heterocycles. The summed E-state index contributed by atoms with van der Waals surface area (Å²) in [5.74, 6) is 1.80. The minimum atomic E-state index is -0.164. The van der Waals surface area contributed by atoms with Gasteiger partial charge in [-0.1, -0.05) is 35.5 Å². The summed E-state index contributed by atoms with van der Waals surface area (Å²) in [6, 6.07) is 18.2. The van der Waals surface area contributed by atoms with Crippen LogP contribution in [0.1, 0.15) is 6.92 Å². The number of carbonyl (C=O) groups is 1. The number of thioether (sulfide) groups is 1. The Morgan fingerprint density at radius 2 is 1.94 bits per heavy atom. The van der Waals surface area contributed by atoms with E-state index in [0.29, 0.717) is 39.7 Å². The summed E-state index contributed by atoms with van der Waals surface area (Å²) in [4.78, 5) is 12.5. The van der Waals surface area contributed by atoms with Crippen LogP contribution in [0, 0.1) is 0 Å². The highest BCUT2D eigenvalue weighted by molar-refractivity contribution is 7.99. The molecule has 0 aliphatic carbocycles. The number of aromatic nitrogens is 3. The van der Waals surface area contributed by atoms with Gasteiger partial charge in [-0.05, 0) is 55.5 Å². The Balaban J connectivity index is 1.52. The van der Waals surface area contributed by atoms with Crippen molar-refractivity contribution in [1.29, 1.82) is 0 Å². The van der Waals surface area contributed by atoms with Crippen molar-refractivity contribution in [3.05, 3.63) is 71.9 Å². The minimum Gasteiger partial charge on any atom is -0.494 e. The lowest BCUT2D eigenvalue weighted by molar-refractivity contribution is -0.113. The molecule has 0 aliphatic heterocycles. The number of benzene rings is 2. The number of ether oxygens (including phenoxy) is 1. The van der Waals surface area contributed by atoms with Crippen LogP contribution >= 0.6 is 23.4 Å². The van der Waals surface area contributed by atoms with Crippen molar-refractivity contribution in [2.24, 2.45) is 0 Å². The number of nitrogens with one attached hydrogen (secondary N) is 1. The summed E-state index contributed by atoms with van der Waals surface area (Å²) >= 11 is 7.68. The van der Waals surface area contributed by atoms with Gasteiger partial charge in [0.05, 0.1) is 29.3 Å². The smallest absolute Gasteiger partial charge is 0.234 e. The van der Waals surface area contributed by atoms with Gasteiger partial charge in [-0.25, -0.2) is 0 Å². The van der Waals surface area contributed by atoms with Crippen LogP contribution < -0.4 is 10.1 Å². The van der Waals surface area contributed by atoms with Crippen LogP contribution in [0.3, 0.4) is 0 Å². The third kappa shape index (κ3) is 4.92. The zero-order valence-corrected chi connectivity index (χ0v) is 18.2. The van der Waals surface area contributed by atoms with E-state index in [9.17, 15) is 4.79 Å². The fourth-order valence-electron chi connectivity index (χ4n) is 2.91. The van der Waals surface area contributed by atoms with Crippen molar-refractivity contribution in [1.82, 2.24) is 14.8 Å². The molecule has 2 aromatic heterocycles. The molecule has 158 valence electrons. The van der Waals surface area contributed by atoms with Crippen LogP contribution in [0.5, 0.6) is 5.75 Å². The maximum absolute atomic E-state index is 12.5. The van der Waals surface area contributed by atoms with Crippen molar-refractivity contribution in [3.63, 3.8) is 0 Å². The number of halogens is 1. The number of furan rings is 1. The molecule has 31 heavy (non-hydrogen) atoms. The highest BCUT2D eigenvalue weighted by Gasteiger charge is 2.20. The summed E-state index contributed by atoms with van der Waals surface area (Å²) in [6.45, 7) is 2.51. The average Bonchev–Trinajstić information content (AvgIpc) is 3.44. The van der Waals surface area contributed by atoms with Gasteiger partial charge >= 0.3 is 0 Å². The molecule has 0 fully saturated rings. The lowest BCUT2D eigenvalue weighted by Gasteiger charge is -2.11. The van der Waals surface area contributed by atoms with Gasteiger partial charge in [0.1, 0.15) is 5.75 Å². The molecule has 1 amide bonds. The van der Waals surface area contributed by atoms with Gasteiger partial charge < -0.3 is 14.5 Å².